The van der Waals surface area contributed by atoms with Crippen molar-refractivity contribution in [3.8, 4) is 11.5 Å². The summed E-state index contributed by atoms with van der Waals surface area (Å²) in [5.74, 6) is -1.04. The van der Waals surface area contributed by atoms with Crippen LogP contribution in [-0.2, 0) is 40.4 Å². The first-order chi connectivity index (χ1) is 18.4. The summed E-state index contributed by atoms with van der Waals surface area (Å²) in [4.78, 5) is 37.7. The maximum Gasteiger partial charge on any atom is 0.338 e. The molecule has 2 heterocycles. The van der Waals surface area contributed by atoms with Crippen LogP contribution in [0.1, 0.15) is 64.5 Å². The fourth-order valence-corrected chi connectivity index (χ4v) is 7.54. The zero-order chi connectivity index (χ0) is 27.9. The second kappa shape index (κ2) is 8.69. The van der Waals surface area contributed by atoms with E-state index in [-0.39, 0.29) is 12.3 Å². The van der Waals surface area contributed by atoms with E-state index in [9.17, 15) is 19.5 Å². The van der Waals surface area contributed by atoms with Crippen molar-refractivity contribution >= 4 is 17.8 Å². The third-order valence-corrected chi connectivity index (χ3v) is 9.29. The lowest BCUT2D eigenvalue weighted by Gasteiger charge is -2.61. The average molecular weight is 542 g/mol. The molecule has 2 fully saturated rings. The zero-order valence-electron chi connectivity index (χ0n) is 22.9. The van der Waals surface area contributed by atoms with Gasteiger partial charge in [0.2, 0.25) is 11.7 Å². The number of amides is 1. The number of aliphatic hydroxyl groups is 1. The van der Waals surface area contributed by atoms with Gasteiger partial charge in [0.1, 0.15) is 11.8 Å². The van der Waals surface area contributed by atoms with Gasteiger partial charge in [-0.2, -0.15) is 0 Å². The summed E-state index contributed by atoms with van der Waals surface area (Å²) in [6.45, 7) is 6.88. The summed E-state index contributed by atoms with van der Waals surface area (Å²) < 4.78 is 28.5. The van der Waals surface area contributed by atoms with Crippen molar-refractivity contribution in [1.82, 2.24) is 5.32 Å². The molecule has 0 aromatic heterocycles. The first kappa shape index (κ1) is 26.1. The van der Waals surface area contributed by atoms with Crippen LogP contribution in [-0.4, -0.2) is 59.7 Å². The van der Waals surface area contributed by atoms with Crippen LogP contribution in [0.2, 0.25) is 0 Å². The number of rotatable bonds is 6. The highest BCUT2D eigenvalue weighted by Crippen LogP contribution is 2.68. The molecule has 7 atom stereocenters. The number of esters is 2. The summed E-state index contributed by atoms with van der Waals surface area (Å²) in [5.41, 5.74) is 0.301. The number of cyclic esters (lactones) is 1. The standard InChI is InChI=1S/C29H35NO9/c1-14-8-10-28-22-16-6-7-18(35-5)23(22)37-24(28)19(9-11-29(28,34)17(14)12-16)36-25(32)15(2)30-21(31)13-20-26(33)39-27(3,4)38-20/h6-7,9,14-15,17,20,24,34H,8,10-13H2,1-5H3,(H,30,31)/t14?,15-,17-,20-,24-,28-,29+/m0/s1. The van der Waals surface area contributed by atoms with Gasteiger partial charge in [-0.15, -0.1) is 0 Å². The molecule has 210 valence electrons. The van der Waals surface area contributed by atoms with Gasteiger partial charge < -0.3 is 34.1 Å². The Morgan fingerprint density at radius 1 is 1.28 bits per heavy atom. The molecule has 0 radical (unpaired) electrons. The third-order valence-electron chi connectivity index (χ3n) is 9.29. The zero-order valence-corrected chi connectivity index (χ0v) is 22.9. The predicted octanol–water partition coefficient (Wildman–Crippen LogP) is 2.43. The molecule has 2 aliphatic heterocycles. The monoisotopic (exact) mass is 541 g/mol. The van der Waals surface area contributed by atoms with E-state index in [1.54, 1.807) is 27.0 Å². The molecule has 1 spiro atoms. The lowest BCUT2D eigenvalue weighted by molar-refractivity contribution is -0.171. The Labute approximate surface area is 227 Å². The normalized spacial score (nSPS) is 35.6. The Balaban J connectivity index is 1.23. The molecular formula is C29H35NO9. The lowest BCUT2D eigenvalue weighted by atomic mass is 9.45. The number of ether oxygens (including phenoxy) is 5. The van der Waals surface area contributed by atoms with Crippen molar-refractivity contribution in [2.45, 2.75) is 94.9 Å². The summed E-state index contributed by atoms with van der Waals surface area (Å²) in [6.07, 6.45) is 2.43. The Morgan fingerprint density at radius 3 is 2.74 bits per heavy atom. The largest absolute Gasteiger partial charge is 0.493 e. The van der Waals surface area contributed by atoms with Crippen LogP contribution < -0.4 is 14.8 Å². The highest BCUT2D eigenvalue weighted by atomic mass is 16.8. The van der Waals surface area contributed by atoms with Crippen LogP contribution in [0.25, 0.3) is 0 Å². The fourth-order valence-electron chi connectivity index (χ4n) is 7.54. The van der Waals surface area contributed by atoms with E-state index in [2.05, 4.69) is 18.3 Å². The number of nitrogens with one attached hydrogen (secondary N) is 1. The summed E-state index contributed by atoms with van der Waals surface area (Å²) in [6, 6.07) is 2.95. The Bertz CT molecular complexity index is 1290. The van der Waals surface area contributed by atoms with E-state index < -0.39 is 52.9 Å². The van der Waals surface area contributed by atoms with Gasteiger partial charge in [0.05, 0.1) is 24.5 Å². The minimum Gasteiger partial charge on any atom is -0.493 e. The minimum atomic E-state index is -1.10. The molecular weight excluding hydrogens is 506 g/mol. The molecule has 1 aromatic rings. The molecule has 1 saturated carbocycles. The fraction of sp³-hybridized carbons (Fsp3) is 0.621. The quantitative estimate of drug-likeness (QED) is 0.522. The van der Waals surface area contributed by atoms with E-state index in [1.807, 2.05) is 6.07 Å². The third kappa shape index (κ3) is 3.71. The van der Waals surface area contributed by atoms with Crippen LogP contribution in [0.3, 0.4) is 0 Å². The van der Waals surface area contributed by atoms with Gasteiger partial charge in [0.15, 0.2) is 23.7 Å². The summed E-state index contributed by atoms with van der Waals surface area (Å²) in [7, 11) is 1.58. The van der Waals surface area contributed by atoms with Crippen molar-refractivity contribution in [3.05, 3.63) is 35.1 Å². The van der Waals surface area contributed by atoms with Crippen molar-refractivity contribution < 1.29 is 43.2 Å². The van der Waals surface area contributed by atoms with Crippen molar-refractivity contribution in [2.24, 2.45) is 11.8 Å². The maximum atomic E-state index is 13.2. The van der Waals surface area contributed by atoms with E-state index in [0.29, 0.717) is 36.0 Å². The Morgan fingerprint density at radius 2 is 2.05 bits per heavy atom. The maximum absolute atomic E-state index is 13.2. The van der Waals surface area contributed by atoms with E-state index >= 15 is 0 Å². The first-order valence-corrected chi connectivity index (χ1v) is 13.6. The number of hydrogen-bond acceptors (Lipinski definition) is 9. The predicted molar refractivity (Wildman–Crippen MR) is 136 cm³/mol. The van der Waals surface area contributed by atoms with Crippen LogP contribution >= 0.6 is 0 Å². The van der Waals surface area contributed by atoms with E-state index in [0.717, 1.165) is 24.0 Å². The van der Waals surface area contributed by atoms with Crippen LogP contribution in [0.15, 0.2) is 24.0 Å². The van der Waals surface area contributed by atoms with Gasteiger partial charge in [-0.3, -0.25) is 4.79 Å². The van der Waals surface area contributed by atoms with E-state index in [1.165, 1.54) is 6.92 Å². The molecule has 39 heavy (non-hydrogen) atoms. The Hall–Kier alpha value is -3.11. The molecule has 1 saturated heterocycles. The second-order valence-electron chi connectivity index (χ2n) is 12.0. The number of methoxy groups -OCH3 is 1. The molecule has 10 nitrogen and oxygen atoms in total. The number of benzene rings is 1. The highest BCUT2D eigenvalue weighted by molar-refractivity contribution is 5.88. The van der Waals surface area contributed by atoms with Gasteiger partial charge in [-0.1, -0.05) is 13.0 Å². The number of carbonyl (C=O) groups excluding carboxylic acids is 3. The van der Waals surface area contributed by atoms with Gasteiger partial charge in [0, 0.05) is 19.4 Å². The SMILES string of the molecule is COc1ccc2c3c1O[C@H]1C(OC(=O)[C@H](C)NC(=O)C[C@@H]4OC(C)(C)OC4=O)=CC[C@@]4(O)[C@@H](C2)C(C)CC[C@]314. The molecule has 2 bridgehead atoms. The number of carbonyl (C=O) groups is 3. The van der Waals surface area contributed by atoms with Gasteiger partial charge in [-0.25, -0.2) is 9.59 Å². The van der Waals surface area contributed by atoms with Crippen LogP contribution in [0, 0.1) is 11.8 Å². The number of hydrogen-bond donors (Lipinski definition) is 2. The summed E-state index contributed by atoms with van der Waals surface area (Å²) >= 11 is 0. The second-order valence-corrected chi connectivity index (χ2v) is 12.0. The van der Waals surface area contributed by atoms with Crippen molar-refractivity contribution in [1.29, 1.82) is 0 Å². The average Bonchev–Trinajstić information content (AvgIpc) is 3.35. The molecule has 5 aliphatic rings. The smallest absolute Gasteiger partial charge is 0.338 e. The van der Waals surface area contributed by atoms with E-state index in [4.69, 9.17) is 23.7 Å². The topological polar surface area (TPSA) is 130 Å². The van der Waals surface area contributed by atoms with Gasteiger partial charge in [0.25, 0.3) is 0 Å². The lowest BCUT2D eigenvalue weighted by Crippen LogP contribution is -2.69. The van der Waals surface area contributed by atoms with Gasteiger partial charge >= 0.3 is 11.9 Å². The molecule has 3 aliphatic carbocycles. The highest BCUT2D eigenvalue weighted by Gasteiger charge is 2.72. The van der Waals surface area contributed by atoms with Crippen LogP contribution in [0.5, 0.6) is 11.5 Å². The van der Waals surface area contributed by atoms with Crippen molar-refractivity contribution in [3.63, 3.8) is 0 Å². The minimum absolute atomic E-state index is 0.0466. The molecule has 6 rings (SSSR count). The molecule has 1 unspecified atom stereocenters. The van der Waals surface area contributed by atoms with Crippen molar-refractivity contribution in [2.75, 3.05) is 7.11 Å². The summed E-state index contributed by atoms with van der Waals surface area (Å²) in [5, 5.41) is 14.9. The molecule has 10 heteroatoms. The first-order valence-electron chi connectivity index (χ1n) is 13.6. The Kier molecular flexibility index (Phi) is 5.83. The molecule has 2 N–H and O–H groups in total. The molecule has 1 aromatic carbocycles. The van der Waals surface area contributed by atoms with Crippen LogP contribution in [0.4, 0.5) is 0 Å². The van der Waals surface area contributed by atoms with Gasteiger partial charge in [-0.05, 0) is 62.1 Å². The molecule has 1 amide bonds.